The minimum absolute atomic E-state index is 0.189. The van der Waals surface area contributed by atoms with E-state index in [4.69, 9.17) is 4.74 Å². The van der Waals surface area contributed by atoms with Crippen LogP contribution >= 0.6 is 11.3 Å². The fraction of sp³-hybridized carbons (Fsp3) is 0.381. The number of carbonyl (C=O) groups excluding carboxylic acids is 2. The van der Waals surface area contributed by atoms with Gasteiger partial charge in [0, 0.05) is 31.9 Å². The van der Waals surface area contributed by atoms with Gasteiger partial charge in [-0.05, 0) is 31.5 Å². The predicted octanol–water partition coefficient (Wildman–Crippen LogP) is 2.87. The Balaban J connectivity index is 1.58. The number of thiophene rings is 1. The highest BCUT2D eigenvalue weighted by molar-refractivity contribution is 7.18. The topological polar surface area (TPSA) is 85.7 Å². The van der Waals surface area contributed by atoms with E-state index >= 15 is 0 Å². The van der Waals surface area contributed by atoms with Crippen molar-refractivity contribution >= 4 is 33.9 Å². The zero-order valence-corrected chi connectivity index (χ0v) is 17.4. The summed E-state index contributed by atoms with van der Waals surface area (Å²) in [6.45, 7) is 7.20. The van der Waals surface area contributed by atoms with Crippen molar-refractivity contribution in [1.82, 2.24) is 4.90 Å². The molecule has 29 heavy (non-hydrogen) atoms. The summed E-state index contributed by atoms with van der Waals surface area (Å²) in [5.74, 6) is -0.657. The Morgan fingerprint density at radius 2 is 1.90 bits per heavy atom. The van der Waals surface area contributed by atoms with E-state index in [-0.39, 0.29) is 19.1 Å². The fourth-order valence-electron chi connectivity index (χ4n) is 3.30. The maximum atomic E-state index is 12.5. The van der Waals surface area contributed by atoms with Gasteiger partial charge in [0.05, 0.1) is 18.7 Å². The molecule has 0 spiro atoms. The summed E-state index contributed by atoms with van der Waals surface area (Å²) in [5, 5.41) is 12.6. The van der Waals surface area contributed by atoms with E-state index in [1.54, 1.807) is 13.8 Å². The first-order chi connectivity index (χ1) is 14.0. The third-order valence-corrected chi connectivity index (χ3v) is 6.02. The molecule has 0 aliphatic carbocycles. The van der Waals surface area contributed by atoms with Gasteiger partial charge in [0.2, 0.25) is 5.91 Å². The Morgan fingerprint density at radius 1 is 1.21 bits per heavy atom. The van der Waals surface area contributed by atoms with Crippen LogP contribution in [0.4, 0.5) is 10.7 Å². The smallest absolute Gasteiger partial charge is 0.348 e. The van der Waals surface area contributed by atoms with Gasteiger partial charge in [0.25, 0.3) is 0 Å². The van der Waals surface area contributed by atoms with Crippen LogP contribution in [0.2, 0.25) is 0 Å². The van der Waals surface area contributed by atoms with Crippen molar-refractivity contribution in [1.29, 1.82) is 5.26 Å². The third-order valence-electron chi connectivity index (χ3n) is 4.83. The molecule has 2 heterocycles. The summed E-state index contributed by atoms with van der Waals surface area (Å²) in [6.07, 6.45) is 0. The normalized spacial score (nSPS) is 14.3. The second-order valence-corrected chi connectivity index (χ2v) is 7.76. The molecule has 0 unspecified atom stereocenters. The summed E-state index contributed by atoms with van der Waals surface area (Å²) in [5.41, 5.74) is 2.05. The van der Waals surface area contributed by atoms with Crippen molar-refractivity contribution in [3.63, 3.8) is 0 Å². The molecule has 1 aliphatic rings. The van der Waals surface area contributed by atoms with Crippen LogP contribution in [0, 0.1) is 18.3 Å². The van der Waals surface area contributed by atoms with E-state index in [9.17, 15) is 14.9 Å². The Morgan fingerprint density at radius 3 is 2.52 bits per heavy atom. The lowest BCUT2D eigenvalue weighted by Crippen LogP contribution is -2.48. The van der Waals surface area contributed by atoms with Crippen LogP contribution in [0.3, 0.4) is 0 Å². The monoisotopic (exact) mass is 412 g/mol. The molecule has 1 saturated heterocycles. The summed E-state index contributed by atoms with van der Waals surface area (Å²) in [6, 6.07) is 12.3. The number of para-hydroxylation sites is 1. The quantitative estimate of drug-likeness (QED) is 0.735. The van der Waals surface area contributed by atoms with Crippen LogP contribution in [0.5, 0.6) is 0 Å². The van der Waals surface area contributed by atoms with Gasteiger partial charge in [-0.15, -0.1) is 11.3 Å². The molecule has 1 aromatic carbocycles. The van der Waals surface area contributed by atoms with Crippen molar-refractivity contribution in [2.75, 3.05) is 49.5 Å². The van der Waals surface area contributed by atoms with Crippen LogP contribution < -0.4 is 10.2 Å². The number of ether oxygens (including phenoxy) is 1. The minimum Gasteiger partial charge on any atom is -0.462 e. The average Bonchev–Trinajstić information content (AvgIpc) is 3.04. The number of benzene rings is 1. The molecular weight excluding hydrogens is 388 g/mol. The molecule has 0 saturated carbocycles. The van der Waals surface area contributed by atoms with Crippen LogP contribution in [0.1, 0.15) is 27.7 Å². The standard InChI is InChI=1S/C21H24N4O3S/c1-3-28-21(27)19-15(2)17(13-22)20(29-19)23-18(26)14-24-9-11-25(12-10-24)16-7-5-4-6-8-16/h4-8H,3,9-12,14H2,1-2H3,(H,23,26). The van der Waals surface area contributed by atoms with Crippen molar-refractivity contribution in [2.45, 2.75) is 13.8 Å². The second kappa shape index (κ2) is 9.54. The Labute approximate surface area is 174 Å². The number of rotatable bonds is 6. The second-order valence-electron chi connectivity index (χ2n) is 6.74. The molecule has 1 aliphatic heterocycles. The molecule has 8 heteroatoms. The number of nitrogens with one attached hydrogen (secondary N) is 1. The van der Waals surface area contributed by atoms with Gasteiger partial charge in [-0.2, -0.15) is 5.26 Å². The Bertz CT molecular complexity index is 912. The van der Waals surface area contributed by atoms with Gasteiger partial charge in [-0.3, -0.25) is 9.69 Å². The number of amides is 1. The predicted molar refractivity (Wildman–Crippen MR) is 113 cm³/mol. The lowest BCUT2D eigenvalue weighted by atomic mass is 10.2. The number of nitrogens with zero attached hydrogens (tertiary/aromatic N) is 3. The molecule has 1 aromatic heterocycles. The van der Waals surface area contributed by atoms with E-state index in [0.29, 0.717) is 21.0 Å². The molecule has 7 nitrogen and oxygen atoms in total. The van der Waals surface area contributed by atoms with Crippen molar-refractivity contribution in [2.24, 2.45) is 0 Å². The molecule has 2 aromatic rings. The first-order valence-electron chi connectivity index (χ1n) is 9.56. The number of anilines is 2. The number of hydrogen-bond donors (Lipinski definition) is 1. The summed E-state index contributed by atoms with van der Waals surface area (Å²) in [7, 11) is 0. The fourth-order valence-corrected chi connectivity index (χ4v) is 4.37. The summed E-state index contributed by atoms with van der Waals surface area (Å²) in [4.78, 5) is 29.3. The number of esters is 1. The van der Waals surface area contributed by atoms with Crippen LogP contribution in [0.15, 0.2) is 30.3 Å². The molecule has 0 atom stereocenters. The van der Waals surface area contributed by atoms with Gasteiger partial charge < -0.3 is 15.0 Å². The van der Waals surface area contributed by atoms with E-state index in [1.807, 2.05) is 18.2 Å². The average molecular weight is 413 g/mol. The maximum absolute atomic E-state index is 12.5. The van der Waals surface area contributed by atoms with Crippen molar-refractivity contribution in [3.8, 4) is 6.07 Å². The molecule has 152 valence electrons. The highest BCUT2D eigenvalue weighted by atomic mass is 32.1. The molecule has 0 radical (unpaired) electrons. The van der Waals surface area contributed by atoms with Crippen LogP contribution in [-0.4, -0.2) is 56.1 Å². The molecule has 0 bridgehead atoms. The van der Waals surface area contributed by atoms with Crippen molar-refractivity contribution in [3.05, 3.63) is 46.3 Å². The largest absolute Gasteiger partial charge is 0.462 e. The van der Waals surface area contributed by atoms with Crippen molar-refractivity contribution < 1.29 is 14.3 Å². The Hall–Kier alpha value is -2.89. The zero-order chi connectivity index (χ0) is 20.8. The van der Waals surface area contributed by atoms with Gasteiger partial charge in [0.15, 0.2) is 0 Å². The van der Waals surface area contributed by atoms with Gasteiger partial charge in [-0.1, -0.05) is 18.2 Å². The summed E-state index contributed by atoms with van der Waals surface area (Å²) >= 11 is 1.09. The van der Waals surface area contributed by atoms with Gasteiger partial charge in [0.1, 0.15) is 15.9 Å². The molecule has 3 rings (SSSR count). The van der Waals surface area contributed by atoms with E-state index in [0.717, 1.165) is 37.5 Å². The van der Waals surface area contributed by atoms with E-state index in [2.05, 4.69) is 33.3 Å². The molecule has 1 N–H and O–H groups in total. The SMILES string of the molecule is CCOC(=O)c1sc(NC(=O)CN2CCN(c3ccccc3)CC2)c(C#N)c1C. The minimum atomic E-state index is -0.468. The molecule has 1 amide bonds. The van der Waals surface area contributed by atoms with Crippen LogP contribution in [-0.2, 0) is 9.53 Å². The van der Waals surface area contributed by atoms with Crippen LogP contribution in [0.25, 0.3) is 0 Å². The first-order valence-corrected chi connectivity index (χ1v) is 10.4. The number of nitriles is 1. The van der Waals surface area contributed by atoms with Gasteiger partial charge in [-0.25, -0.2) is 4.79 Å². The molecule has 1 fully saturated rings. The maximum Gasteiger partial charge on any atom is 0.348 e. The number of carbonyl (C=O) groups is 2. The first kappa shape index (κ1) is 20.8. The number of piperazine rings is 1. The summed E-state index contributed by atoms with van der Waals surface area (Å²) < 4.78 is 5.03. The third kappa shape index (κ3) is 4.94. The Kier molecular flexibility index (Phi) is 6.86. The highest BCUT2D eigenvalue weighted by Crippen LogP contribution is 2.33. The van der Waals surface area contributed by atoms with E-state index in [1.165, 1.54) is 5.69 Å². The number of hydrogen-bond acceptors (Lipinski definition) is 7. The lowest BCUT2D eigenvalue weighted by molar-refractivity contribution is -0.117. The lowest BCUT2D eigenvalue weighted by Gasteiger charge is -2.35. The highest BCUT2D eigenvalue weighted by Gasteiger charge is 2.24. The van der Waals surface area contributed by atoms with Gasteiger partial charge >= 0.3 is 5.97 Å². The zero-order valence-electron chi connectivity index (χ0n) is 16.6. The molecular formula is C21H24N4O3S. The van der Waals surface area contributed by atoms with E-state index < -0.39 is 5.97 Å².